The quantitative estimate of drug-likeness (QED) is 0.520. The monoisotopic (exact) mass is 280 g/mol. The molecular weight excluding hydrogens is 268 g/mol. The third kappa shape index (κ3) is 2.74. The first kappa shape index (κ1) is 13.5. The molecule has 0 atom stereocenters. The van der Waals surface area contributed by atoms with Crippen LogP contribution in [-0.4, -0.2) is 23.9 Å². The molecule has 0 radical (unpaired) electrons. The number of rotatable bonds is 3. The predicted octanol–water partition coefficient (Wildman–Crippen LogP) is 1.94. The van der Waals surface area contributed by atoms with E-state index in [1.54, 1.807) is 18.2 Å². The minimum absolute atomic E-state index is 0.206. The fraction of sp³-hybridized carbons (Fsp3) is 0.154. The van der Waals surface area contributed by atoms with Gasteiger partial charge in [-0.25, -0.2) is 4.79 Å². The van der Waals surface area contributed by atoms with Gasteiger partial charge in [0.25, 0.3) is 4.93 Å². The van der Waals surface area contributed by atoms with Crippen molar-refractivity contribution in [2.45, 2.75) is 11.4 Å². The molecule has 2 rings (SSSR count). The van der Waals surface area contributed by atoms with E-state index in [0.29, 0.717) is 6.42 Å². The summed E-state index contributed by atoms with van der Waals surface area (Å²) >= 11 is 0. The molecule has 0 aromatic heterocycles. The van der Waals surface area contributed by atoms with E-state index < -0.39 is 21.0 Å². The van der Waals surface area contributed by atoms with Crippen molar-refractivity contribution < 1.29 is 22.5 Å². The van der Waals surface area contributed by atoms with Gasteiger partial charge < -0.3 is 4.74 Å². The molecule has 0 heterocycles. The van der Waals surface area contributed by atoms with Crippen LogP contribution in [0, 0.1) is 0 Å². The Hall–Kier alpha value is -1.92. The summed E-state index contributed by atoms with van der Waals surface area (Å²) in [4.78, 5) is 9.76. The lowest BCUT2D eigenvalue weighted by Gasteiger charge is -2.25. The van der Waals surface area contributed by atoms with Crippen LogP contribution in [0.1, 0.15) is 16.8 Å². The van der Waals surface area contributed by atoms with Gasteiger partial charge in [0.05, 0.1) is 5.56 Å². The zero-order valence-electron chi connectivity index (χ0n) is 9.89. The van der Waals surface area contributed by atoms with E-state index in [1.807, 2.05) is 0 Å². The highest BCUT2D eigenvalue weighted by Gasteiger charge is 2.43. The normalized spacial score (nSPS) is 17.1. The summed E-state index contributed by atoms with van der Waals surface area (Å²) in [5, 5.41) is 0. The van der Waals surface area contributed by atoms with Crippen LogP contribution in [0.2, 0.25) is 0 Å². The lowest BCUT2D eigenvalue weighted by atomic mass is 10.1. The predicted molar refractivity (Wildman–Crippen MR) is 69.0 cm³/mol. The maximum absolute atomic E-state index is 11.9. The number of hydrogen-bond donors (Lipinski definition) is 1. The highest BCUT2D eigenvalue weighted by molar-refractivity contribution is 7.87. The van der Waals surface area contributed by atoms with Crippen LogP contribution in [0.3, 0.4) is 0 Å². The summed E-state index contributed by atoms with van der Waals surface area (Å²) in [7, 11) is -4.61. The van der Waals surface area contributed by atoms with Crippen molar-refractivity contribution >= 4 is 16.1 Å². The first-order chi connectivity index (χ1) is 8.95. The molecule has 0 aliphatic heterocycles. The van der Waals surface area contributed by atoms with Gasteiger partial charge in [0.1, 0.15) is 0 Å². The van der Waals surface area contributed by atoms with Gasteiger partial charge in [0, 0.05) is 0 Å². The molecule has 1 N–H and O–H groups in total. The Morgan fingerprint density at radius 1 is 1.16 bits per heavy atom. The third-order valence-electron chi connectivity index (χ3n) is 2.64. The zero-order valence-corrected chi connectivity index (χ0v) is 10.7. The number of carbonyl (C=O) groups excluding carboxylic acids is 1. The molecule has 100 valence electrons. The lowest BCUT2D eigenvalue weighted by molar-refractivity contribution is 0.0370. The second kappa shape index (κ2) is 4.99. The van der Waals surface area contributed by atoms with Crippen LogP contribution in [0.25, 0.3) is 0 Å². The van der Waals surface area contributed by atoms with Gasteiger partial charge in [-0.2, -0.15) is 8.42 Å². The molecule has 0 saturated carbocycles. The fourth-order valence-electron chi connectivity index (χ4n) is 1.67. The first-order valence-corrected chi connectivity index (χ1v) is 6.99. The zero-order chi connectivity index (χ0) is 13.9. The summed E-state index contributed by atoms with van der Waals surface area (Å²) in [6.45, 7) is 0. The van der Waals surface area contributed by atoms with Crippen LogP contribution in [0.4, 0.5) is 0 Å². The number of esters is 1. The highest BCUT2D eigenvalue weighted by atomic mass is 32.2. The minimum atomic E-state index is -4.61. The van der Waals surface area contributed by atoms with Crippen molar-refractivity contribution in [1.29, 1.82) is 0 Å². The van der Waals surface area contributed by atoms with Crippen molar-refractivity contribution in [3.05, 3.63) is 60.2 Å². The lowest BCUT2D eigenvalue weighted by Crippen LogP contribution is -2.40. The summed E-state index contributed by atoms with van der Waals surface area (Å²) in [6.07, 6.45) is 5.84. The third-order valence-corrected chi connectivity index (χ3v) is 3.80. The second-order valence-corrected chi connectivity index (χ2v) is 5.58. The van der Waals surface area contributed by atoms with Gasteiger partial charge in [0.2, 0.25) is 0 Å². The number of allylic oxidation sites excluding steroid dienone is 2. The largest absolute Gasteiger partial charge is 0.429 e. The van der Waals surface area contributed by atoms with Gasteiger partial charge in [0.15, 0.2) is 0 Å². The van der Waals surface area contributed by atoms with E-state index in [2.05, 4.69) is 0 Å². The smallest absolute Gasteiger partial charge is 0.340 e. The van der Waals surface area contributed by atoms with Gasteiger partial charge in [-0.3, -0.25) is 4.55 Å². The van der Waals surface area contributed by atoms with Crippen molar-refractivity contribution in [2.24, 2.45) is 0 Å². The Morgan fingerprint density at radius 3 is 2.26 bits per heavy atom. The summed E-state index contributed by atoms with van der Waals surface area (Å²) in [6, 6.07) is 7.97. The average molecular weight is 280 g/mol. The van der Waals surface area contributed by atoms with Crippen LogP contribution >= 0.6 is 0 Å². The highest BCUT2D eigenvalue weighted by Crippen LogP contribution is 2.27. The van der Waals surface area contributed by atoms with Crippen LogP contribution in [-0.2, 0) is 14.9 Å². The molecule has 0 spiro atoms. The van der Waals surface area contributed by atoms with Gasteiger partial charge >= 0.3 is 16.1 Å². The molecule has 5 nitrogen and oxygen atoms in total. The first-order valence-electron chi connectivity index (χ1n) is 5.55. The number of hydrogen-bond acceptors (Lipinski definition) is 4. The number of benzene rings is 1. The molecule has 0 unspecified atom stereocenters. The summed E-state index contributed by atoms with van der Waals surface area (Å²) in [5.74, 6) is -0.825. The molecule has 1 aliphatic carbocycles. The Labute approximate surface area is 111 Å². The van der Waals surface area contributed by atoms with Gasteiger partial charge in [-0.15, -0.1) is 0 Å². The van der Waals surface area contributed by atoms with Crippen molar-refractivity contribution in [3.63, 3.8) is 0 Å². The molecule has 6 heteroatoms. The van der Waals surface area contributed by atoms with E-state index >= 15 is 0 Å². The fourth-order valence-corrected chi connectivity index (χ4v) is 2.39. The van der Waals surface area contributed by atoms with Crippen molar-refractivity contribution in [3.8, 4) is 0 Å². The standard InChI is InChI=1S/C13H12O5S/c14-12(11-7-3-1-4-8-11)18-13(19(15,16)17)9-5-2-6-10-13/h1,3-10H,2H2,(H,15,16,17). The maximum Gasteiger partial charge on any atom is 0.340 e. The van der Waals surface area contributed by atoms with Crippen LogP contribution < -0.4 is 0 Å². The SMILES string of the molecule is O=C(OC1(S(=O)(=O)O)C=CCC=C1)c1ccccc1. The number of ether oxygens (including phenoxy) is 1. The summed E-state index contributed by atoms with van der Waals surface area (Å²) < 4.78 is 37.2. The topological polar surface area (TPSA) is 80.7 Å². The molecule has 1 aromatic carbocycles. The molecule has 0 amide bonds. The van der Waals surface area contributed by atoms with Crippen molar-refractivity contribution in [2.75, 3.05) is 0 Å². The molecule has 1 aliphatic rings. The van der Waals surface area contributed by atoms with E-state index in [-0.39, 0.29) is 5.56 Å². The Kier molecular flexibility index (Phi) is 3.55. The molecule has 19 heavy (non-hydrogen) atoms. The Morgan fingerprint density at radius 2 is 1.74 bits per heavy atom. The number of carbonyl (C=O) groups is 1. The molecule has 0 bridgehead atoms. The van der Waals surface area contributed by atoms with Crippen LogP contribution in [0.15, 0.2) is 54.6 Å². The Bertz CT molecular complexity index is 616. The van der Waals surface area contributed by atoms with Gasteiger partial charge in [-0.1, -0.05) is 30.4 Å². The molecular formula is C13H12O5S. The van der Waals surface area contributed by atoms with E-state index in [1.165, 1.54) is 24.3 Å². The maximum atomic E-state index is 11.9. The average Bonchev–Trinajstić information content (AvgIpc) is 2.39. The van der Waals surface area contributed by atoms with Gasteiger partial charge in [-0.05, 0) is 30.7 Å². The van der Waals surface area contributed by atoms with Crippen LogP contribution in [0.5, 0.6) is 0 Å². The summed E-state index contributed by atoms with van der Waals surface area (Å²) in [5.41, 5.74) is 0.206. The van der Waals surface area contributed by atoms with E-state index in [4.69, 9.17) is 4.74 Å². The minimum Gasteiger partial charge on any atom is -0.429 e. The molecule has 1 aromatic rings. The Balaban J connectivity index is 2.33. The molecule has 0 saturated heterocycles. The van der Waals surface area contributed by atoms with Crippen molar-refractivity contribution in [1.82, 2.24) is 0 Å². The van der Waals surface area contributed by atoms with E-state index in [0.717, 1.165) is 12.2 Å². The second-order valence-electron chi connectivity index (χ2n) is 3.99. The molecule has 0 fully saturated rings. The van der Waals surface area contributed by atoms with E-state index in [9.17, 15) is 17.8 Å².